The molecule has 2 aromatic carbocycles. The van der Waals surface area contributed by atoms with Gasteiger partial charge in [0.25, 0.3) is 0 Å². The predicted molar refractivity (Wildman–Crippen MR) is 76.6 cm³/mol. The number of aryl methyl sites for hydroxylation is 1. The maximum atomic E-state index is 13.6. The van der Waals surface area contributed by atoms with Gasteiger partial charge >= 0.3 is 0 Å². The van der Waals surface area contributed by atoms with Crippen LogP contribution in [0, 0.1) is 12.7 Å². The minimum atomic E-state index is -3.90. The van der Waals surface area contributed by atoms with E-state index in [0.29, 0.717) is 0 Å². The van der Waals surface area contributed by atoms with Crippen LogP contribution in [0.1, 0.15) is 11.1 Å². The predicted octanol–water partition coefficient (Wildman–Crippen LogP) is 3.27. The van der Waals surface area contributed by atoms with Crippen LogP contribution in [0.5, 0.6) is 0 Å². The number of sulfonamides is 1. The molecule has 0 aliphatic carbocycles. The number of hydrogen-bond acceptors (Lipinski definition) is 2. The largest absolute Gasteiger partial charge is 0.243 e. The van der Waals surface area contributed by atoms with Gasteiger partial charge in [0.15, 0.2) is 0 Å². The summed E-state index contributed by atoms with van der Waals surface area (Å²) in [5, 5.41) is 0.153. The highest BCUT2D eigenvalue weighted by Gasteiger charge is 2.18. The van der Waals surface area contributed by atoms with Crippen LogP contribution in [0.2, 0.25) is 5.02 Å². The van der Waals surface area contributed by atoms with Gasteiger partial charge in [0.1, 0.15) is 10.7 Å². The number of nitrogens with one attached hydrogen (secondary N) is 1. The molecule has 0 unspecified atom stereocenters. The lowest BCUT2D eigenvalue weighted by Gasteiger charge is -2.08. The van der Waals surface area contributed by atoms with Crippen LogP contribution < -0.4 is 4.72 Å². The van der Waals surface area contributed by atoms with E-state index in [2.05, 4.69) is 4.72 Å². The molecule has 1 N–H and O–H groups in total. The first-order valence-electron chi connectivity index (χ1n) is 5.89. The van der Waals surface area contributed by atoms with E-state index in [1.807, 2.05) is 31.2 Å². The monoisotopic (exact) mass is 313 g/mol. The van der Waals surface area contributed by atoms with E-state index in [0.717, 1.165) is 23.3 Å². The Hall–Kier alpha value is -1.43. The first-order chi connectivity index (χ1) is 9.38. The van der Waals surface area contributed by atoms with Crippen molar-refractivity contribution in [1.82, 2.24) is 4.72 Å². The van der Waals surface area contributed by atoms with E-state index in [1.165, 1.54) is 6.07 Å². The van der Waals surface area contributed by atoms with Crippen LogP contribution in [0.4, 0.5) is 4.39 Å². The van der Waals surface area contributed by atoms with Crippen LogP contribution in [0.3, 0.4) is 0 Å². The summed E-state index contributed by atoms with van der Waals surface area (Å²) in [6, 6.07) is 10.9. The van der Waals surface area contributed by atoms with Gasteiger partial charge in [0.2, 0.25) is 10.0 Å². The van der Waals surface area contributed by atoms with Crippen LogP contribution in [-0.4, -0.2) is 8.42 Å². The van der Waals surface area contributed by atoms with Gasteiger partial charge < -0.3 is 0 Å². The minimum Gasteiger partial charge on any atom is -0.207 e. The maximum Gasteiger partial charge on any atom is 0.243 e. The zero-order chi connectivity index (χ0) is 14.8. The topological polar surface area (TPSA) is 46.2 Å². The zero-order valence-corrected chi connectivity index (χ0v) is 12.3. The molecule has 0 saturated heterocycles. The normalized spacial score (nSPS) is 11.6. The molecule has 2 aromatic rings. The number of hydrogen-bond donors (Lipinski definition) is 1. The summed E-state index contributed by atoms with van der Waals surface area (Å²) < 4.78 is 40.0. The number of benzene rings is 2. The van der Waals surface area contributed by atoms with Crippen molar-refractivity contribution in [3.63, 3.8) is 0 Å². The Bertz CT molecular complexity index is 714. The molecule has 0 radical (unpaired) electrons. The minimum absolute atomic E-state index is 0.102. The highest BCUT2D eigenvalue weighted by atomic mass is 35.5. The molecule has 3 nitrogen and oxygen atoms in total. The van der Waals surface area contributed by atoms with E-state index < -0.39 is 20.7 Å². The quantitative estimate of drug-likeness (QED) is 0.941. The second-order valence-corrected chi connectivity index (χ2v) is 6.56. The lowest BCUT2D eigenvalue weighted by atomic mass is 10.2. The standard InChI is InChI=1S/C14H13ClFNO2S/c1-10-2-4-11(5-3-10)9-17-20(18,19)14-7-6-12(15)8-13(14)16/h2-8,17H,9H2,1H3. The van der Waals surface area contributed by atoms with Crippen molar-refractivity contribution in [2.24, 2.45) is 0 Å². The molecular formula is C14H13ClFNO2S. The van der Waals surface area contributed by atoms with E-state index in [1.54, 1.807) is 0 Å². The Morgan fingerprint density at radius 3 is 2.40 bits per heavy atom. The molecule has 0 atom stereocenters. The fraction of sp³-hybridized carbons (Fsp3) is 0.143. The smallest absolute Gasteiger partial charge is 0.207 e. The average Bonchev–Trinajstić information content (AvgIpc) is 2.37. The van der Waals surface area contributed by atoms with Gasteiger partial charge in [-0.25, -0.2) is 17.5 Å². The summed E-state index contributed by atoms with van der Waals surface area (Å²) in [5.41, 5.74) is 1.88. The highest BCUT2D eigenvalue weighted by Crippen LogP contribution is 2.19. The second-order valence-electron chi connectivity index (χ2n) is 4.38. The lowest BCUT2D eigenvalue weighted by molar-refractivity contribution is 0.557. The Morgan fingerprint density at radius 2 is 1.80 bits per heavy atom. The van der Waals surface area contributed by atoms with Gasteiger partial charge in [-0.1, -0.05) is 41.4 Å². The average molecular weight is 314 g/mol. The number of halogens is 2. The summed E-state index contributed by atoms with van der Waals surface area (Å²) in [4.78, 5) is -0.408. The Morgan fingerprint density at radius 1 is 1.15 bits per heavy atom. The van der Waals surface area contributed by atoms with Crippen molar-refractivity contribution in [3.05, 3.63) is 64.4 Å². The molecule has 0 saturated carbocycles. The highest BCUT2D eigenvalue weighted by molar-refractivity contribution is 7.89. The lowest BCUT2D eigenvalue weighted by Crippen LogP contribution is -2.24. The van der Waals surface area contributed by atoms with Crippen molar-refractivity contribution in [1.29, 1.82) is 0 Å². The fourth-order valence-electron chi connectivity index (χ4n) is 1.66. The third-order valence-electron chi connectivity index (χ3n) is 2.77. The summed E-state index contributed by atoms with van der Waals surface area (Å²) in [7, 11) is -3.90. The van der Waals surface area contributed by atoms with Gasteiger partial charge in [-0.05, 0) is 30.7 Å². The molecule has 0 heterocycles. The van der Waals surface area contributed by atoms with Crippen LogP contribution in [0.25, 0.3) is 0 Å². The Balaban J connectivity index is 2.17. The molecular weight excluding hydrogens is 301 g/mol. The van der Waals surface area contributed by atoms with Gasteiger partial charge in [0, 0.05) is 11.6 Å². The Labute approximate surface area is 122 Å². The molecule has 6 heteroatoms. The molecule has 0 aliphatic rings. The van der Waals surface area contributed by atoms with Crippen molar-refractivity contribution in [3.8, 4) is 0 Å². The molecule has 0 amide bonds. The molecule has 0 bridgehead atoms. The molecule has 0 aromatic heterocycles. The van der Waals surface area contributed by atoms with Crippen LogP contribution in [0.15, 0.2) is 47.4 Å². The molecule has 2 rings (SSSR count). The first kappa shape index (κ1) is 15.0. The number of rotatable bonds is 4. The van der Waals surface area contributed by atoms with Gasteiger partial charge in [-0.3, -0.25) is 0 Å². The molecule has 0 fully saturated rings. The SMILES string of the molecule is Cc1ccc(CNS(=O)(=O)c2ccc(Cl)cc2F)cc1. The third-order valence-corrected chi connectivity index (χ3v) is 4.44. The zero-order valence-electron chi connectivity index (χ0n) is 10.7. The molecule has 20 heavy (non-hydrogen) atoms. The molecule has 0 aliphatic heterocycles. The van der Waals surface area contributed by atoms with E-state index in [4.69, 9.17) is 11.6 Å². The molecule has 0 spiro atoms. The van der Waals surface area contributed by atoms with Gasteiger partial charge in [0.05, 0.1) is 0 Å². The summed E-state index contributed by atoms with van der Waals surface area (Å²) >= 11 is 5.60. The van der Waals surface area contributed by atoms with Gasteiger partial charge in [-0.2, -0.15) is 0 Å². The van der Waals surface area contributed by atoms with E-state index in [9.17, 15) is 12.8 Å². The molecule has 106 valence electrons. The van der Waals surface area contributed by atoms with Crippen molar-refractivity contribution in [2.45, 2.75) is 18.4 Å². The van der Waals surface area contributed by atoms with Crippen LogP contribution in [-0.2, 0) is 16.6 Å². The summed E-state index contributed by atoms with van der Waals surface area (Å²) in [6.45, 7) is 2.04. The maximum absolute atomic E-state index is 13.6. The third kappa shape index (κ3) is 3.56. The first-order valence-corrected chi connectivity index (χ1v) is 7.75. The van der Waals surface area contributed by atoms with E-state index >= 15 is 0 Å². The summed E-state index contributed by atoms with van der Waals surface area (Å²) in [5.74, 6) is -0.867. The Kier molecular flexibility index (Phi) is 4.42. The van der Waals surface area contributed by atoms with Gasteiger partial charge in [-0.15, -0.1) is 0 Å². The van der Waals surface area contributed by atoms with Crippen LogP contribution >= 0.6 is 11.6 Å². The van der Waals surface area contributed by atoms with Crippen molar-refractivity contribution >= 4 is 21.6 Å². The summed E-state index contributed by atoms with van der Waals surface area (Å²) in [6.07, 6.45) is 0. The van der Waals surface area contributed by atoms with Crippen molar-refractivity contribution in [2.75, 3.05) is 0 Å². The van der Waals surface area contributed by atoms with Crippen molar-refractivity contribution < 1.29 is 12.8 Å². The van der Waals surface area contributed by atoms with E-state index in [-0.39, 0.29) is 11.6 Å². The fourth-order valence-corrected chi connectivity index (χ4v) is 2.89. The second kappa shape index (κ2) is 5.91.